The number of ketones is 1. The lowest BCUT2D eigenvalue weighted by molar-refractivity contribution is -0.117. The third-order valence-corrected chi connectivity index (χ3v) is 7.64. The van der Waals surface area contributed by atoms with E-state index >= 15 is 0 Å². The molecule has 3 aromatic carbocycles. The number of aliphatic hydroxyl groups is 1. The van der Waals surface area contributed by atoms with Gasteiger partial charge in [0.05, 0.1) is 22.2 Å². The SMILES string of the molecule is Cc1ccc(N2C(=O)C(O)=C(C(=O)c3sc(-c4ccccc4)nc3C)C2c2ccc(F)cc2)cc1C. The average Bonchev–Trinajstić information content (AvgIpc) is 3.39. The zero-order valence-corrected chi connectivity index (χ0v) is 20.8. The molecule has 0 saturated carbocycles. The molecule has 5 nitrogen and oxygen atoms in total. The normalized spacial score (nSPS) is 15.6. The van der Waals surface area contributed by atoms with E-state index in [4.69, 9.17) is 0 Å². The van der Waals surface area contributed by atoms with Crippen molar-refractivity contribution in [3.05, 3.63) is 117 Å². The summed E-state index contributed by atoms with van der Waals surface area (Å²) in [5.74, 6) is -2.20. The van der Waals surface area contributed by atoms with Crippen LogP contribution in [0.15, 0.2) is 84.1 Å². The molecule has 2 heterocycles. The van der Waals surface area contributed by atoms with Crippen LogP contribution in [0, 0.1) is 26.6 Å². The summed E-state index contributed by atoms with van der Waals surface area (Å²) in [6.45, 7) is 5.62. The van der Waals surface area contributed by atoms with Crippen LogP contribution >= 0.6 is 11.3 Å². The summed E-state index contributed by atoms with van der Waals surface area (Å²) in [6, 6.07) is 19.7. The van der Waals surface area contributed by atoms with Crippen molar-refractivity contribution in [2.24, 2.45) is 0 Å². The molecule has 1 aromatic heterocycles. The van der Waals surface area contributed by atoms with Crippen LogP contribution in [0.4, 0.5) is 10.1 Å². The van der Waals surface area contributed by atoms with Crippen molar-refractivity contribution in [2.45, 2.75) is 26.8 Å². The summed E-state index contributed by atoms with van der Waals surface area (Å²) >= 11 is 1.22. The summed E-state index contributed by atoms with van der Waals surface area (Å²) in [5.41, 5.74) is 4.40. The number of hydrogen-bond donors (Lipinski definition) is 1. The largest absolute Gasteiger partial charge is 0.503 e. The van der Waals surface area contributed by atoms with Gasteiger partial charge in [0, 0.05) is 11.3 Å². The number of nitrogens with zero attached hydrogens (tertiary/aromatic N) is 2. The van der Waals surface area contributed by atoms with E-state index in [1.807, 2.05) is 56.3 Å². The van der Waals surface area contributed by atoms with Gasteiger partial charge in [0.15, 0.2) is 5.76 Å². The van der Waals surface area contributed by atoms with E-state index in [1.54, 1.807) is 13.0 Å². The number of amides is 1. The zero-order valence-electron chi connectivity index (χ0n) is 19.9. The molecule has 0 bridgehead atoms. The van der Waals surface area contributed by atoms with Gasteiger partial charge in [0.1, 0.15) is 10.8 Å². The molecule has 1 atom stereocenters. The smallest absolute Gasteiger partial charge is 0.294 e. The van der Waals surface area contributed by atoms with Gasteiger partial charge in [-0.1, -0.05) is 48.5 Å². The fourth-order valence-corrected chi connectivity index (χ4v) is 5.40. The van der Waals surface area contributed by atoms with Crippen LogP contribution in [-0.2, 0) is 4.79 Å². The highest BCUT2D eigenvalue weighted by Gasteiger charge is 2.45. The van der Waals surface area contributed by atoms with Crippen molar-refractivity contribution < 1.29 is 19.1 Å². The van der Waals surface area contributed by atoms with Crippen LogP contribution in [0.1, 0.15) is 38.1 Å². The number of carbonyl (C=O) groups excluding carboxylic acids is 2. The van der Waals surface area contributed by atoms with Crippen molar-refractivity contribution in [3.8, 4) is 10.6 Å². The van der Waals surface area contributed by atoms with Crippen molar-refractivity contribution in [1.29, 1.82) is 0 Å². The number of anilines is 1. The highest BCUT2D eigenvalue weighted by molar-refractivity contribution is 7.17. The number of hydrogen-bond acceptors (Lipinski definition) is 5. The minimum atomic E-state index is -0.922. The van der Waals surface area contributed by atoms with Crippen LogP contribution in [0.2, 0.25) is 0 Å². The van der Waals surface area contributed by atoms with E-state index in [0.717, 1.165) is 16.7 Å². The van der Waals surface area contributed by atoms with E-state index in [1.165, 1.54) is 40.5 Å². The molecule has 36 heavy (non-hydrogen) atoms. The molecule has 0 fully saturated rings. The molecule has 0 radical (unpaired) electrons. The first kappa shape index (κ1) is 23.6. The number of carbonyl (C=O) groups is 2. The second kappa shape index (κ2) is 9.17. The zero-order chi connectivity index (χ0) is 25.6. The summed E-state index contributed by atoms with van der Waals surface area (Å²) in [6.07, 6.45) is 0. The summed E-state index contributed by atoms with van der Waals surface area (Å²) in [4.78, 5) is 33.6. The molecular weight excluding hydrogens is 475 g/mol. The van der Waals surface area contributed by atoms with Crippen LogP contribution < -0.4 is 4.90 Å². The molecule has 180 valence electrons. The summed E-state index contributed by atoms with van der Waals surface area (Å²) in [7, 11) is 0. The highest BCUT2D eigenvalue weighted by Crippen LogP contribution is 2.43. The maximum Gasteiger partial charge on any atom is 0.294 e. The number of halogens is 1. The van der Waals surface area contributed by atoms with Gasteiger partial charge in [-0.05, 0) is 61.7 Å². The Balaban J connectivity index is 1.64. The number of aliphatic hydroxyl groups excluding tert-OH is 1. The van der Waals surface area contributed by atoms with Crippen LogP contribution in [0.3, 0.4) is 0 Å². The maximum absolute atomic E-state index is 13.9. The summed E-state index contributed by atoms with van der Waals surface area (Å²) < 4.78 is 13.8. The molecular formula is C29H23FN2O3S. The molecule has 1 N–H and O–H groups in total. The molecule has 0 aliphatic carbocycles. The fourth-order valence-electron chi connectivity index (χ4n) is 4.37. The number of Topliss-reactive ketones (excluding diaryl/α,β-unsaturated/α-hetero) is 1. The monoisotopic (exact) mass is 498 g/mol. The lowest BCUT2D eigenvalue weighted by Crippen LogP contribution is -2.31. The number of thiazole rings is 1. The average molecular weight is 499 g/mol. The Morgan fingerprint density at radius 2 is 1.67 bits per heavy atom. The van der Waals surface area contributed by atoms with E-state index in [-0.39, 0.29) is 5.57 Å². The quantitative estimate of drug-likeness (QED) is 0.313. The molecule has 0 saturated heterocycles. The third kappa shape index (κ3) is 4.01. The third-order valence-electron chi connectivity index (χ3n) is 6.43. The first-order chi connectivity index (χ1) is 17.3. The van der Waals surface area contributed by atoms with Crippen molar-refractivity contribution in [1.82, 2.24) is 4.98 Å². The lowest BCUT2D eigenvalue weighted by Gasteiger charge is -2.27. The Labute approximate surface area is 212 Å². The van der Waals surface area contributed by atoms with Gasteiger partial charge in [-0.3, -0.25) is 14.5 Å². The topological polar surface area (TPSA) is 70.5 Å². The Bertz CT molecular complexity index is 1520. The van der Waals surface area contributed by atoms with Gasteiger partial charge in [-0.25, -0.2) is 9.37 Å². The molecule has 1 amide bonds. The number of aryl methyl sites for hydroxylation is 3. The van der Waals surface area contributed by atoms with Crippen molar-refractivity contribution in [2.75, 3.05) is 4.90 Å². The Hall–Kier alpha value is -4.10. The molecule has 4 aromatic rings. The fraction of sp³-hybridized carbons (Fsp3) is 0.138. The predicted octanol–water partition coefficient (Wildman–Crippen LogP) is 6.66. The van der Waals surface area contributed by atoms with Gasteiger partial charge < -0.3 is 5.11 Å². The molecule has 1 aliphatic rings. The van der Waals surface area contributed by atoms with E-state index < -0.39 is 29.3 Å². The second-order valence-electron chi connectivity index (χ2n) is 8.79. The lowest BCUT2D eigenvalue weighted by atomic mass is 9.94. The van der Waals surface area contributed by atoms with Gasteiger partial charge in [0.2, 0.25) is 5.78 Å². The summed E-state index contributed by atoms with van der Waals surface area (Å²) in [5, 5.41) is 11.7. The van der Waals surface area contributed by atoms with Gasteiger partial charge >= 0.3 is 0 Å². The van der Waals surface area contributed by atoms with Crippen molar-refractivity contribution >= 4 is 28.7 Å². The molecule has 7 heteroatoms. The van der Waals surface area contributed by atoms with Gasteiger partial charge in [0.25, 0.3) is 5.91 Å². The van der Waals surface area contributed by atoms with E-state index in [2.05, 4.69) is 4.98 Å². The van der Waals surface area contributed by atoms with Crippen LogP contribution in [0.5, 0.6) is 0 Å². The second-order valence-corrected chi connectivity index (χ2v) is 9.79. The number of rotatable bonds is 5. The first-order valence-corrected chi connectivity index (χ1v) is 12.2. The Morgan fingerprint density at radius 1 is 0.972 bits per heavy atom. The van der Waals surface area contributed by atoms with E-state index in [9.17, 15) is 19.1 Å². The van der Waals surface area contributed by atoms with E-state index in [0.29, 0.717) is 26.8 Å². The standard InChI is InChI=1S/C29H23FN2O3S/c1-16-9-14-22(15-17(16)2)32-24(19-10-12-21(30)13-11-19)23(26(34)29(32)35)25(33)27-18(3)31-28(36-27)20-7-5-4-6-8-20/h4-15,24,34H,1-3H3. The van der Waals surface area contributed by atoms with Gasteiger partial charge in [-0.2, -0.15) is 0 Å². The predicted molar refractivity (Wildman–Crippen MR) is 139 cm³/mol. The van der Waals surface area contributed by atoms with Gasteiger partial charge in [-0.15, -0.1) is 11.3 Å². The first-order valence-electron chi connectivity index (χ1n) is 11.4. The number of aromatic nitrogens is 1. The highest BCUT2D eigenvalue weighted by atomic mass is 32.1. The Morgan fingerprint density at radius 3 is 2.33 bits per heavy atom. The molecule has 5 rings (SSSR count). The Kier molecular flexibility index (Phi) is 6.02. The molecule has 0 spiro atoms. The molecule has 1 aliphatic heterocycles. The minimum absolute atomic E-state index is 0.0452. The van der Waals surface area contributed by atoms with Crippen molar-refractivity contribution in [3.63, 3.8) is 0 Å². The van der Waals surface area contributed by atoms with Crippen LogP contribution in [0.25, 0.3) is 10.6 Å². The maximum atomic E-state index is 13.9. The number of benzene rings is 3. The minimum Gasteiger partial charge on any atom is -0.503 e. The molecule has 1 unspecified atom stereocenters. The van der Waals surface area contributed by atoms with Crippen LogP contribution in [-0.4, -0.2) is 21.8 Å².